The van der Waals surface area contributed by atoms with Gasteiger partial charge in [0.05, 0.1) is 12.6 Å². The molecule has 0 saturated carbocycles. The Morgan fingerprint density at radius 3 is 2.42 bits per heavy atom. The summed E-state index contributed by atoms with van der Waals surface area (Å²) in [4.78, 5) is 23.0. The molecular formula is C13H27N3O3. The molecule has 0 spiro atoms. The van der Waals surface area contributed by atoms with Gasteiger partial charge < -0.3 is 21.1 Å². The highest BCUT2D eigenvalue weighted by Crippen LogP contribution is 2.17. The van der Waals surface area contributed by atoms with Gasteiger partial charge in [0.15, 0.2) is 0 Å². The molecule has 0 bridgehead atoms. The molecule has 0 radical (unpaired) electrons. The van der Waals surface area contributed by atoms with Gasteiger partial charge in [0, 0.05) is 0 Å². The topological polar surface area (TPSA) is 93.5 Å². The van der Waals surface area contributed by atoms with Gasteiger partial charge in [0.2, 0.25) is 5.91 Å². The van der Waals surface area contributed by atoms with Crippen molar-refractivity contribution in [2.45, 2.75) is 51.6 Å². The van der Waals surface area contributed by atoms with Crippen molar-refractivity contribution in [3.8, 4) is 0 Å². The molecule has 0 heterocycles. The first kappa shape index (κ1) is 17.9. The first-order valence-electron chi connectivity index (χ1n) is 6.80. The Morgan fingerprint density at radius 2 is 2.00 bits per heavy atom. The average molecular weight is 273 g/mol. The zero-order valence-corrected chi connectivity index (χ0v) is 12.4. The number of ether oxygens (including phenoxy) is 1. The number of nitrogens with one attached hydrogen (secondary N) is 2. The summed E-state index contributed by atoms with van der Waals surface area (Å²) in [6.45, 7) is 6.60. The summed E-state index contributed by atoms with van der Waals surface area (Å²) in [6, 6.07) is -0.354. The molecule has 112 valence electrons. The molecule has 2 atom stereocenters. The van der Waals surface area contributed by atoms with Gasteiger partial charge in [-0.15, -0.1) is 0 Å². The molecule has 1 amide bonds. The molecule has 6 heteroatoms. The third-order valence-electron chi connectivity index (χ3n) is 3.15. The van der Waals surface area contributed by atoms with Gasteiger partial charge in [-0.05, 0) is 46.7 Å². The number of likely N-dealkylation sites (N-methyl/N-ethyl adjacent to an activating group) is 2. The average Bonchev–Trinajstić information content (AvgIpc) is 2.34. The molecule has 4 N–H and O–H groups in total. The molecular weight excluding hydrogens is 246 g/mol. The van der Waals surface area contributed by atoms with Gasteiger partial charge in [-0.2, -0.15) is 0 Å². The SMILES string of the molecule is CCNC(C)(CCCC(NC)C(N)=O)C(=O)OCC. The van der Waals surface area contributed by atoms with Gasteiger partial charge in [-0.25, -0.2) is 0 Å². The minimum Gasteiger partial charge on any atom is -0.465 e. The fraction of sp³-hybridized carbons (Fsp3) is 0.846. The number of esters is 1. The van der Waals surface area contributed by atoms with Crippen LogP contribution in [-0.4, -0.2) is 43.7 Å². The molecule has 0 aliphatic rings. The number of hydrogen-bond donors (Lipinski definition) is 3. The van der Waals surface area contributed by atoms with Crippen molar-refractivity contribution >= 4 is 11.9 Å². The maximum Gasteiger partial charge on any atom is 0.326 e. The van der Waals surface area contributed by atoms with E-state index in [4.69, 9.17) is 10.5 Å². The standard InChI is InChI=1S/C13H27N3O3/c1-5-16-13(3,12(18)19-6-2)9-7-8-10(15-4)11(14)17/h10,15-16H,5-9H2,1-4H3,(H2,14,17). The van der Waals surface area contributed by atoms with E-state index in [1.54, 1.807) is 14.0 Å². The van der Waals surface area contributed by atoms with E-state index in [2.05, 4.69) is 10.6 Å². The van der Waals surface area contributed by atoms with Crippen LogP contribution in [-0.2, 0) is 14.3 Å². The summed E-state index contributed by atoms with van der Waals surface area (Å²) in [5.41, 5.74) is 4.55. The smallest absolute Gasteiger partial charge is 0.326 e. The first-order chi connectivity index (χ1) is 8.91. The van der Waals surface area contributed by atoms with Crippen LogP contribution >= 0.6 is 0 Å². The van der Waals surface area contributed by atoms with E-state index < -0.39 is 5.54 Å². The largest absolute Gasteiger partial charge is 0.465 e. The van der Waals surface area contributed by atoms with Crippen molar-refractivity contribution in [3.05, 3.63) is 0 Å². The van der Waals surface area contributed by atoms with E-state index in [1.165, 1.54) is 0 Å². The van der Waals surface area contributed by atoms with E-state index in [9.17, 15) is 9.59 Å². The van der Waals surface area contributed by atoms with Crippen LogP contribution in [0.5, 0.6) is 0 Å². The highest BCUT2D eigenvalue weighted by atomic mass is 16.5. The number of amides is 1. The lowest BCUT2D eigenvalue weighted by atomic mass is 9.93. The van der Waals surface area contributed by atoms with E-state index >= 15 is 0 Å². The van der Waals surface area contributed by atoms with Crippen LogP contribution in [0.4, 0.5) is 0 Å². The second-order valence-electron chi connectivity index (χ2n) is 4.72. The first-order valence-corrected chi connectivity index (χ1v) is 6.80. The predicted molar refractivity (Wildman–Crippen MR) is 74.6 cm³/mol. The van der Waals surface area contributed by atoms with Crippen LogP contribution in [0.3, 0.4) is 0 Å². The second kappa shape index (κ2) is 8.87. The van der Waals surface area contributed by atoms with E-state index in [1.807, 2.05) is 13.8 Å². The summed E-state index contributed by atoms with van der Waals surface area (Å²) in [5.74, 6) is -0.624. The van der Waals surface area contributed by atoms with Crippen LogP contribution in [0, 0.1) is 0 Å². The van der Waals surface area contributed by atoms with E-state index in [-0.39, 0.29) is 17.9 Å². The van der Waals surface area contributed by atoms with E-state index in [0.717, 1.165) is 0 Å². The number of rotatable bonds is 10. The fourth-order valence-corrected chi connectivity index (χ4v) is 2.03. The maximum absolute atomic E-state index is 11.9. The minimum atomic E-state index is -0.708. The quantitative estimate of drug-likeness (QED) is 0.493. The predicted octanol–water partition coefficient (Wildman–Crippen LogP) is 0.161. The molecule has 2 unspecified atom stereocenters. The molecule has 0 aromatic heterocycles. The number of hydrogen-bond acceptors (Lipinski definition) is 5. The summed E-state index contributed by atoms with van der Waals surface area (Å²) < 4.78 is 5.08. The summed E-state index contributed by atoms with van der Waals surface area (Å²) >= 11 is 0. The van der Waals surface area contributed by atoms with Crippen molar-refractivity contribution in [1.29, 1.82) is 0 Å². The number of carbonyl (C=O) groups excluding carboxylic acids is 2. The Labute approximate surface area is 115 Å². The van der Waals surface area contributed by atoms with Crippen LogP contribution < -0.4 is 16.4 Å². The molecule has 0 aliphatic heterocycles. The van der Waals surface area contributed by atoms with Crippen LogP contribution in [0.25, 0.3) is 0 Å². The Kier molecular flexibility index (Phi) is 8.34. The fourth-order valence-electron chi connectivity index (χ4n) is 2.03. The molecule has 0 aromatic carbocycles. The molecule has 6 nitrogen and oxygen atoms in total. The molecule has 0 aliphatic carbocycles. The highest BCUT2D eigenvalue weighted by Gasteiger charge is 2.33. The Morgan fingerprint density at radius 1 is 1.37 bits per heavy atom. The monoisotopic (exact) mass is 273 g/mol. The van der Waals surface area contributed by atoms with Crippen molar-refractivity contribution in [2.75, 3.05) is 20.2 Å². The van der Waals surface area contributed by atoms with Gasteiger partial charge in [-0.1, -0.05) is 6.92 Å². The summed E-state index contributed by atoms with van der Waals surface area (Å²) in [6.07, 6.45) is 1.91. The lowest BCUT2D eigenvalue weighted by Gasteiger charge is -2.28. The van der Waals surface area contributed by atoms with Crippen molar-refractivity contribution in [1.82, 2.24) is 10.6 Å². The molecule has 0 saturated heterocycles. The lowest BCUT2D eigenvalue weighted by molar-refractivity contribution is -0.150. The third kappa shape index (κ3) is 6.02. The minimum absolute atomic E-state index is 0.253. The van der Waals surface area contributed by atoms with Gasteiger partial charge >= 0.3 is 5.97 Å². The highest BCUT2D eigenvalue weighted by molar-refractivity contribution is 5.80. The zero-order chi connectivity index (χ0) is 14.9. The zero-order valence-electron chi connectivity index (χ0n) is 12.4. The Bertz CT molecular complexity index is 297. The number of carbonyl (C=O) groups is 2. The molecule has 0 fully saturated rings. The number of nitrogens with two attached hydrogens (primary N) is 1. The second-order valence-corrected chi connectivity index (χ2v) is 4.72. The lowest BCUT2D eigenvalue weighted by Crippen LogP contribution is -2.50. The van der Waals surface area contributed by atoms with Crippen molar-refractivity contribution in [3.63, 3.8) is 0 Å². The Balaban J connectivity index is 4.42. The maximum atomic E-state index is 11.9. The summed E-state index contributed by atoms with van der Waals surface area (Å²) in [7, 11) is 1.70. The van der Waals surface area contributed by atoms with Gasteiger partial charge in [-0.3, -0.25) is 9.59 Å². The molecule has 0 aromatic rings. The molecule has 0 rings (SSSR count). The number of primary amides is 1. The van der Waals surface area contributed by atoms with Crippen LogP contribution in [0.15, 0.2) is 0 Å². The van der Waals surface area contributed by atoms with Crippen LogP contribution in [0.2, 0.25) is 0 Å². The van der Waals surface area contributed by atoms with Crippen molar-refractivity contribution < 1.29 is 14.3 Å². The summed E-state index contributed by atoms with van der Waals surface area (Å²) in [5, 5.41) is 6.02. The van der Waals surface area contributed by atoms with Crippen LogP contribution in [0.1, 0.15) is 40.0 Å². The van der Waals surface area contributed by atoms with Crippen molar-refractivity contribution in [2.24, 2.45) is 5.73 Å². The third-order valence-corrected chi connectivity index (χ3v) is 3.15. The normalized spacial score (nSPS) is 15.6. The van der Waals surface area contributed by atoms with Gasteiger partial charge in [0.1, 0.15) is 5.54 Å². The molecule has 19 heavy (non-hydrogen) atoms. The Hall–Kier alpha value is -1.14. The van der Waals surface area contributed by atoms with E-state index in [0.29, 0.717) is 32.4 Å². The van der Waals surface area contributed by atoms with Gasteiger partial charge in [0.25, 0.3) is 0 Å².